The van der Waals surface area contributed by atoms with E-state index in [2.05, 4.69) is 10.6 Å². The van der Waals surface area contributed by atoms with Crippen LogP contribution in [-0.4, -0.2) is 36.4 Å². The lowest BCUT2D eigenvalue weighted by Crippen LogP contribution is -2.50. The molecule has 1 atom stereocenters. The minimum atomic E-state index is -0.434. The van der Waals surface area contributed by atoms with Crippen LogP contribution in [0, 0.1) is 0 Å². The lowest BCUT2D eigenvalue weighted by Gasteiger charge is -2.31. The second-order valence-electron chi connectivity index (χ2n) is 8.11. The lowest BCUT2D eigenvalue weighted by atomic mass is 10.0. The molecule has 4 rings (SSSR count). The zero-order valence-electron chi connectivity index (χ0n) is 19.0. The summed E-state index contributed by atoms with van der Waals surface area (Å²) in [7, 11) is 1.62. The Labute approximate surface area is 198 Å². The highest BCUT2D eigenvalue weighted by molar-refractivity contribution is 5.97. The normalized spacial score (nSPS) is 15.6. The summed E-state index contributed by atoms with van der Waals surface area (Å²) in [6.07, 6.45) is 0.833. The maximum absolute atomic E-state index is 12.7. The summed E-state index contributed by atoms with van der Waals surface area (Å²) in [5.41, 5.74) is 3.10. The minimum Gasteiger partial charge on any atom is -0.496 e. The van der Waals surface area contributed by atoms with Crippen molar-refractivity contribution in [2.45, 2.75) is 25.4 Å². The molecule has 4 amide bonds. The molecule has 1 saturated heterocycles. The second kappa shape index (κ2) is 10.7. The highest BCUT2D eigenvalue weighted by atomic mass is 16.5. The zero-order valence-corrected chi connectivity index (χ0v) is 19.0. The van der Waals surface area contributed by atoms with Gasteiger partial charge in [-0.1, -0.05) is 60.7 Å². The predicted molar refractivity (Wildman–Crippen MR) is 128 cm³/mol. The fourth-order valence-corrected chi connectivity index (χ4v) is 4.04. The van der Waals surface area contributed by atoms with E-state index < -0.39 is 6.03 Å². The van der Waals surface area contributed by atoms with Crippen LogP contribution in [-0.2, 0) is 17.8 Å². The fraction of sp³-hybridized carbons (Fsp3) is 0.222. The van der Waals surface area contributed by atoms with Gasteiger partial charge in [0, 0.05) is 12.1 Å². The summed E-state index contributed by atoms with van der Waals surface area (Å²) in [4.78, 5) is 39.2. The molecule has 3 aromatic rings. The van der Waals surface area contributed by atoms with Crippen molar-refractivity contribution in [1.82, 2.24) is 15.5 Å². The first kappa shape index (κ1) is 23.0. The van der Waals surface area contributed by atoms with E-state index in [1.807, 2.05) is 54.6 Å². The molecular weight excluding hydrogens is 430 g/mol. The number of methoxy groups -OCH3 is 1. The van der Waals surface area contributed by atoms with E-state index in [0.717, 1.165) is 16.9 Å². The maximum atomic E-state index is 12.7. The number of para-hydroxylation sites is 1. The van der Waals surface area contributed by atoms with Gasteiger partial charge in [-0.25, -0.2) is 4.79 Å². The molecular formula is C27H27N3O4. The van der Waals surface area contributed by atoms with Crippen molar-refractivity contribution in [2.24, 2.45) is 0 Å². The Bertz CT molecular complexity index is 1160. The summed E-state index contributed by atoms with van der Waals surface area (Å²) in [6.45, 7) is 0.561. The standard InChI is InChI=1S/C27H27N3O4/c1-34-24-13-6-5-11-21(24)14-15-28-26(32)22-12-7-8-19(16-22)18-30-25(31)17-23(29-27(30)33)20-9-3-2-4-10-20/h2-13,16,23H,14-15,17-18H2,1H3,(H,28,32)(H,29,33). The zero-order chi connectivity index (χ0) is 23.9. The van der Waals surface area contributed by atoms with E-state index in [9.17, 15) is 14.4 Å². The van der Waals surface area contributed by atoms with Gasteiger partial charge in [0.1, 0.15) is 5.75 Å². The first-order valence-corrected chi connectivity index (χ1v) is 11.2. The SMILES string of the molecule is COc1ccccc1CCNC(=O)c1cccc(CN2C(=O)CC(c3ccccc3)NC2=O)c1. The van der Waals surface area contributed by atoms with Crippen molar-refractivity contribution in [3.05, 3.63) is 101 Å². The van der Waals surface area contributed by atoms with Gasteiger partial charge < -0.3 is 15.4 Å². The van der Waals surface area contributed by atoms with Gasteiger partial charge in [-0.3, -0.25) is 14.5 Å². The Hall–Kier alpha value is -4.13. The van der Waals surface area contributed by atoms with E-state index in [1.54, 1.807) is 31.4 Å². The van der Waals surface area contributed by atoms with E-state index in [4.69, 9.17) is 4.74 Å². The third-order valence-corrected chi connectivity index (χ3v) is 5.83. The smallest absolute Gasteiger partial charge is 0.324 e. The molecule has 0 aromatic heterocycles. The Morgan fingerprint density at radius 3 is 2.56 bits per heavy atom. The van der Waals surface area contributed by atoms with Crippen molar-refractivity contribution >= 4 is 17.8 Å². The highest BCUT2D eigenvalue weighted by Gasteiger charge is 2.32. The van der Waals surface area contributed by atoms with E-state index in [0.29, 0.717) is 24.1 Å². The number of carbonyl (C=O) groups is 3. The molecule has 1 aliphatic heterocycles. The van der Waals surface area contributed by atoms with E-state index >= 15 is 0 Å². The van der Waals surface area contributed by atoms with Gasteiger partial charge in [-0.05, 0) is 41.3 Å². The van der Waals surface area contributed by atoms with Crippen LogP contribution in [0.3, 0.4) is 0 Å². The first-order chi connectivity index (χ1) is 16.5. The Morgan fingerprint density at radius 1 is 1.03 bits per heavy atom. The third kappa shape index (κ3) is 5.43. The van der Waals surface area contributed by atoms with Gasteiger partial charge in [-0.2, -0.15) is 0 Å². The van der Waals surface area contributed by atoms with Crippen LogP contribution < -0.4 is 15.4 Å². The largest absolute Gasteiger partial charge is 0.496 e. The number of carbonyl (C=O) groups excluding carboxylic acids is 3. The molecule has 0 spiro atoms. The van der Waals surface area contributed by atoms with Crippen LogP contribution in [0.15, 0.2) is 78.9 Å². The second-order valence-corrected chi connectivity index (χ2v) is 8.11. The molecule has 1 heterocycles. The quantitative estimate of drug-likeness (QED) is 0.538. The molecule has 7 heteroatoms. The number of hydrogen-bond acceptors (Lipinski definition) is 4. The molecule has 0 aliphatic carbocycles. The number of amides is 4. The van der Waals surface area contributed by atoms with Crippen LogP contribution >= 0.6 is 0 Å². The fourth-order valence-electron chi connectivity index (χ4n) is 4.04. The number of nitrogens with zero attached hydrogens (tertiary/aromatic N) is 1. The Balaban J connectivity index is 1.35. The van der Waals surface area contributed by atoms with Crippen LogP contribution in [0.25, 0.3) is 0 Å². The number of urea groups is 1. The lowest BCUT2D eigenvalue weighted by molar-refractivity contribution is -0.130. The Morgan fingerprint density at radius 2 is 1.79 bits per heavy atom. The molecule has 7 nitrogen and oxygen atoms in total. The molecule has 1 unspecified atom stereocenters. The number of imide groups is 1. The number of nitrogens with one attached hydrogen (secondary N) is 2. The van der Waals surface area contributed by atoms with Crippen molar-refractivity contribution in [3.63, 3.8) is 0 Å². The molecule has 0 bridgehead atoms. The maximum Gasteiger partial charge on any atom is 0.324 e. The summed E-state index contributed by atoms with van der Waals surface area (Å²) >= 11 is 0. The van der Waals surface area contributed by atoms with Gasteiger partial charge in [0.25, 0.3) is 5.91 Å². The van der Waals surface area contributed by atoms with Gasteiger partial charge >= 0.3 is 6.03 Å². The highest BCUT2D eigenvalue weighted by Crippen LogP contribution is 2.23. The molecule has 0 radical (unpaired) electrons. The average molecular weight is 458 g/mol. The van der Waals surface area contributed by atoms with Crippen LogP contribution in [0.1, 0.15) is 39.5 Å². The predicted octanol–water partition coefficient (Wildman–Crippen LogP) is 3.85. The summed E-state index contributed by atoms with van der Waals surface area (Å²) in [5.74, 6) is 0.331. The minimum absolute atomic E-state index is 0.106. The Kier molecular flexibility index (Phi) is 7.22. The van der Waals surface area contributed by atoms with Crippen molar-refractivity contribution in [1.29, 1.82) is 0 Å². The van der Waals surface area contributed by atoms with E-state index in [1.165, 1.54) is 4.90 Å². The van der Waals surface area contributed by atoms with Crippen molar-refractivity contribution < 1.29 is 19.1 Å². The molecule has 3 aromatic carbocycles. The topological polar surface area (TPSA) is 87.7 Å². The number of ether oxygens (including phenoxy) is 1. The molecule has 2 N–H and O–H groups in total. The molecule has 34 heavy (non-hydrogen) atoms. The van der Waals surface area contributed by atoms with Gasteiger partial charge in [0.15, 0.2) is 0 Å². The first-order valence-electron chi connectivity index (χ1n) is 11.2. The molecule has 1 fully saturated rings. The summed E-state index contributed by atoms with van der Waals surface area (Å²) in [5, 5.41) is 5.82. The molecule has 1 aliphatic rings. The molecule has 0 saturated carbocycles. The van der Waals surface area contributed by atoms with Crippen molar-refractivity contribution in [3.8, 4) is 5.75 Å². The third-order valence-electron chi connectivity index (χ3n) is 5.83. The summed E-state index contributed by atoms with van der Waals surface area (Å²) in [6, 6.07) is 23.3. The van der Waals surface area contributed by atoms with Gasteiger partial charge in [0.2, 0.25) is 5.91 Å². The van der Waals surface area contributed by atoms with Crippen LogP contribution in [0.4, 0.5) is 4.79 Å². The van der Waals surface area contributed by atoms with Gasteiger partial charge in [-0.15, -0.1) is 0 Å². The van der Waals surface area contributed by atoms with Crippen LogP contribution in [0.5, 0.6) is 5.75 Å². The van der Waals surface area contributed by atoms with Crippen molar-refractivity contribution in [2.75, 3.05) is 13.7 Å². The number of benzene rings is 3. The number of rotatable bonds is 8. The van der Waals surface area contributed by atoms with Crippen LogP contribution in [0.2, 0.25) is 0 Å². The average Bonchev–Trinajstić information content (AvgIpc) is 2.87. The monoisotopic (exact) mass is 457 g/mol. The van der Waals surface area contributed by atoms with E-state index in [-0.39, 0.29) is 30.8 Å². The number of hydrogen-bond donors (Lipinski definition) is 2. The molecule has 174 valence electrons. The van der Waals surface area contributed by atoms with Gasteiger partial charge in [0.05, 0.1) is 26.1 Å². The summed E-state index contributed by atoms with van der Waals surface area (Å²) < 4.78 is 5.35.